The Bertz CT molecular complexity index is 863. The summed E-state index contributed by atoms with van der Waals surface area (Å²) >= 11 is 0. The third kappa shape index (κ3) is 2.71. The molecule has 1 aliphatic heterocycles. The molecule has 0 radical (unpaired) electrons. The van der Waals surface area contributed by atoms with E-state index in [9.17, 15) is 4.39 Å². The van der Waals surface area contributed by atoms with Crippen LogP contribution in [0.15, 0.2) is 48.5 Å². The average molecular weight is 322 g/mol. The van der Waals surface area contributed by atoms with Crippen molar-refractivity contribution in [3.05, 3.63) is 54.3 Å². The fraction of sp³-hybridized carbons (Fsp3) is 0.263. The van der Waals surface area contributed by atoms with Crippen LogP contribution in [0.2, 0.25) is 0 Å². The molecule has 0 spiro atoms. The lowest BCUT2D eigenvalue weighted by Gasteiger charge is -2.33. The van der Waals surface area contributed by atoms with Gasteiger partial charge in [0.05, 0.1) is 0 Å². The number of piperazine rings is 1. The third-order valence-corrected chi connectivity index (χ3v) is 4.45. The van der Waals surface area contributed by atoms with Crippen LogP contribution in [0.4, 0.5) is 10.2 Å². The highest BCUT2D eigenvalue weighted by Gasteiger charge is 2.20. The Kier molecular flexibility index (Phi) is 3.86. The van der Waals surface area contributed by atoms with E-state index < -0.39 is 0 Å². The summed E-state index contributed by atoms with van der Waals surface area (Å²) in [6.07, 6.45) is 0. The van der Waals surface area contributed by atoms with Crippen molar-refractivity contribution < 1.29 is 4.39 Å². The van der Waals surface area contributed by atoms with Gasteiger partial charge in [-0.15, -0.1) is 10.2 Å². The first-order valence-corrected chi connectivity index (χ1v) is 8.22. The van der Waals surface area contributed by atoms with Crippen LogP contribution in [-0.2, 0) is 0 Å². The molecular weight excluding hydrogens is 303 g/mol. The number of benzene rings is 2. The third-order valence-electron chi connectivity index (χ3n) is 4.45. The van der Waals surface area contributed by atoms with Crippen molar-refractivity contribution in [2.75, 3.05) is 24.5 Å². The zero-order valence-corrected chi connectivity index (χ0v) is 13.5. The van der Waals surface area contributed by atoms with Crippen LogP contribution in [0, 0.1) is 5.82 Å². The summed E-state index contributed by atoms with van der Waals surface area (Å²) in [5.41, 5.74) is 1.66. The monoisotopic (exact) mass is 322 g/mol. The summed E-state index contributed by atoms with van der Waals surface area (Å²) in [4.78, 5) is 2.28. The molecular formula is C19H19FN4. The predicted molar refractivity (Wildman–Crippen MR) is 94.6 cm³/mol. The molecule has 24 heavy (non-hydrogen) atoms. The van der Waals surface area contributed by atoms with E-state index in [4.69, 9.17) is 0 Å². The fourth-order valence-corrected chi connectivity index (χ4v) is 3.27. The van der Waals surface area contributed by atoms with Gasteiger partial charge in [0.1, 0.15) is 11.5 Å². The second-order valence-electron chi connectivity index (χ2n) is 6.23. The average Bonchev–Trinajstić information content (AvgIpc) is 2.62. The topological polar surface area (TPSA) is 41.1 Å². The summed E-state index contributed by atoms with van der Waals surface area (Å²) < 4.78 is 13.2. The number of halogens is 1. The fourth-order valence-electron chi connectivity index (χ4n) is 3.27. The second kappa shape index (κ2) is 6.17. The van der Waals surface area contributed by atoms with Crippen LogP contribution < -0.4 is 10.2 Å². The Morgan fingerprint density at radius 3 is 2.54 bits per heavy atom. The molecule has 3 aromatic rings. The maximum absolute atomic E-state index is 13.2. The molecule has 1 N–H and O–H groups in total. The van der Waals surface area contributed by atoms with Crippen LogP contribution in [0.25, 0.3) is 22.0 Å². The summed E-state index contributed by atoms with van der Waals surface area (Å²) in [7, 11) is 0. The summed E-state index contributed by atoms with van der Waals surface area (Å²) in [6, 6.07) is 15.0. The molecule has 122 valence electrons. The van der Waals surface area contributed by atoms with Crippen molar-refractivity contribution in [3.8, 4) is 11.3 Å². The Labute approximate surface area is 140 Å². The van der Waals surface area contributed by atoms with E-state index in [1.54, 1.807) is 12.1 Å². The minimum absolute atomic E-state index is 0.248. The van der Waals surface area contributed by atoms with Gasteiger partial charge in [0, 0.05) is 42.0 Å². The van der Waals surface area contributed by atoms with Gasteiger partial charge in [0.25, 0.3) is 0 Å². The second-order valence-corrected chi connectivity index (χ2v) is 6.23. The normalized spacial score (nSPS) is 18.1. The van der Waals surface area contributed by atoms with E-state index in [2.05, 4.69) is 39.5 Å². The van der Waals surface area contributed by atoms with Crippen molar-refractivity contribution >= 4 is 16.6 Å². The van der Waals surface area contributed by atoms with E-state index in [-0.39, 0.29) is 5.82 Å². The van der Waals surface area contributed by atoms with Gasteiger partial charge in [0.2, 0.25) is 0 Å². The lowest BCUT2D eigenvalue weighted by molar-refractivity contribution is 0.482. The molecule has 2 heterocycles. The van der Waals surface area contributed by atoms with Gasteiger partial charge in [-0.1, -0.05) is 24.3 Å². The lowest BCUT2D eigenvalue weighted by Crippen LogP contribution is -2.49. The van der Waals surface area contributed by atoms with Crippen molar-refractivity contribution in [1.82, 2.24) is 15.5 Å². The molecule has 4 nitrogen and oxygen atoms in total. The quantitative estimate of drug-likeness (QED) is 0.786. The highest BCUT2D eigenvalue weighted by atomic mass is 19.1. The van der Waals surface area contributed by atoms with Crippen LogP contribution in [0.1, 0.15) is 6.92 Å². The molecule has 0 aliphatic carbocycles. The zero-order chi connectivity index (χ0) is 16.5. The SMILES string of the molecule is C[C@H]1CN(c2nnc(-c3ccc(F)cc3)c3ccccc23)CCN1. The summed E-state index contributed by atoms with van der Waals surface area (Å²) in [6.45, 7) is 4.94. The number of rotatable bonds is 2. The van der Waals surface area contributed by atoms with Gasteiger partial charge in [-0.2, -0.15) is 0 Å². The van der Waals surface area contributed by atoms with Crippen molar-refractivity contribution in [2.45, 2.75) is 13.0 Å². The maximum atomic E-state index is 13.2. The first-order valence-electron chi connectivity index (χ1n) is 8.22. The van der Waals surface area contributed by atoms with Crippen LogP contribution in [0.3, 0.4) is 0 Å². The highest BCUT2D eigenvalue weighted by molar-refractivity contribution is 6.00. The van der Waals surface area contributed by atoms with Gasteiger partial charge in [0.15, 0.2) is 5.82 Å². The first kappa shape index (κ1) is 15.0. The van der Waals surface area contributed by atoms with Crippen molar-refractivity contribution in [3.63, 3.8) is 0 Å². The number of hydrogen-bond donors (Lipinski definition) is 1. The molecule has 4 rings (SSSR count). The van der Waals surface area contributed by atoms with Gasteiger partial charge >= 0.3 is 0 Å². The minimum atomic E-state index is -0.248. The molecule has 0 bridgehead atoms. The Hall–Kier alpha value is -2.53. The highest BCUT2D eigenvalue weighted by Crippen LogP contribution is 2.31. The maximum Gasteiger partial charge on any atom is 0.159 e. The van der Waals surface area contributed by atoms with E-state index >= 15 is 0 Å². The molecule has 0 amide bonds. The van der Waals surface area contributed by atoms with Gasteiger partial charge < -0.3 is 10.2 Å². The smallest absolute Gasteiger partial charge is 0.159 e. The molecule has 0 saturated carbocycles. The van der Waals surface area contributed by atoms with Crippen molar-refractivity contribution in [1.29, 1.82) is 0 Å². The Morgan fingerprint density at radius 1 is 1.04 bits per heavy atom. The lowest BCUT2D eigenvalue weighted by atomic mass is 10.0. The molecule has 1 aliphatic rings. The Morgan fingerprint density at radius 2 is 1.79 bits per heavy atom. The molecule has 5 heteroatoms. The van der Waals surface area contributed by atoms with Crippen molar-refractivity contribution in [2.24, 2.45) is 0 Å². The molecule has 1 fully saturated rings. The molecule has 1 aromatic heterocycles. The number of nitrogens with one attached hydrogen (secondary N) is 1. The number of anilines is 1. The van der Waals surface area contributed by atoms with Crippen LogP contribution in [-0.4, -0.2) is 35.9 Å². The largest absolute Gasteiger partial charge is 0.352 e. The number of aromatic nitrogens is 2. The zero-order valence-electron chi connectivity index (χ0n) is 13.5. The van der Waals surface area contributed by atoms with E-state index in [1.807, 2.05) is 12.1 Å². The number of hydrogen-bond acceptors (Lipinski definition) is 4. The van der Waals surface area contributed by atoms with Gasteiger partial charge in [-0.25, -0.2) is 4.39 Å². The van der Waals surface area contributed by atoms with Crippen LogP contribution in [0.5, 0.6) is 0 Å². The molecule has 2 aromatic carbocycles. The molecule has 0 unspecified atom stereocenters. The predicted octanol–water partition coefficient (Wildman–Crippen LogP) is 3.23. The molecule has 1 atom stereocenters. The van der Waals surface area contributed by atoms with Gasteiger partial charge in [-0.3, -0.25) is 0 Å². The number of nitrogens with zero attached hydrogens (tertiary/aromatic N) is 3. The first-order chi connectivity index (χ1) is 11.7. The van der Waals surface area contributed by atoms with Gasteiger partial charge in [-0.05, 0) is 31.2 Å². The standard InChI is InChI=1S/C19H19FN4/c1-13-12-24(11-10-21-13)19-17-5-3-2-4-16(17)18(22-23-19)14-6-8-15(20)9-7-14/h2-9,13,21H,10-12H2,1H3/t13-/m0/s1. The van der Waals surface area contributed by atoms with Crippen LogP contribution >= 0.6 is 0 Å². The van der Waals surface area contributed by atoms with E-state index in [0.717, 1.165) is 47.5 Å². The van der Waals surface area contributed by atoms with E-state index in [0.29, 0.717) is 6.04 Å². The van der Waals surface area contributed by atoms with E-state index in [1.165, 1.54) is 12.1 Å². The minimum Gasteiger partial charge on any atom is -0.352 e. The molecule has 1 saturated heterocycles. The summed E-state index contributed by atoms with van der Waals surface area (Å²) in [5, 5.41) is 14.6. The Balaban J connectivity index is 1.84. The number of fused-ring (bicyclic) bond motifs is 1. The summed E-state index contributed by atoms with van der Waals surface area (Å²) in [5.74, 6) is 0.673.